The Morgan fingerprint density at radius 3 is 2.76 bits per heavy atom. The summed E-state index contributed by atoms with van der Waals surface area (Å²) < 4.78 is 5.92. The van der Waals surface area contributed by atoms with Crippen LogP contribution < -0.4 is 10.6 Å². The lowest BCUT2D eigenvalue weighted by Gasteiger charge is -2.27. The van der Waals surface area contributed by atoms with Gasteiger partial charge in [-0.25, -0.2) is 4.99 Å². The van der Waals surface area contributed by atoms with E-state index in [1.165, 1.54) is 0 Å². The molecule has 2 aromatic rings. The molecule has 172 valence electrons. The van der Waals surface area contributed by atoms with Crippen molar-refractivity contribution in [2.24, 2.45) is 4.99 Å². The minimum absolute atomic E-state index is 0.0223. The summed E-state index contributed by atoms with van der Waals surface area (Å²) in [7, 11) is 0. The van der Waals surface area contributed by atoms with Crippen LogP contribution in [0.25, 0.3) is 11.5 Å². The molecule has 0 saturated heterocycles. The number of aromatic nitrogens is 2. The predicted molar refractivity (Wildman–Crippen MR) is 123 cm³/mol. The molecule has 0 radical (unpaired) electrons. The molecule has 5 rings (SSSR count). The normalized spacial score (nSPS) is 22.9. The molecule has 0 bridgehead atoms. The van der Waals surface area contributed by atoms with Gasteiger partial charge in [0.25, 0.3) is 0 Å². The number of hydrogen-bond donors (Lipinski definition) is 2. The molecule has 8 nitrogen and oxygen atoms in total. The van der Waals surface area contributed by atoms with E-state index in [9.17, 15) is 9.59 Å². The number of aliphatic imine (C=N–C) groups is 1. The highest BCUT2D eigenvalue weighted by Gasteiger charge is 2.28. The fraction of sp³-hybridized carbons (Fsp3) is 0.480. The molecule has 1 amide bonds. The number of hydrogen-bond acceptors (Lipinski definition) is 7. The van der Waals surface area contributed by atoms with Gasteiger partial charge in [0, 0.05) is 48.2 Å². The van der Waals surface area contributed by atoms with Crippen molar-refractivity contribution >= 4 is 17.4 Å². The average molecular weight is 448 g/mol. The van der Waals surface area contributed by atoms with Gasteiger partial charge >= 0.3 is 0 Å². The number of nitrogens with one attached hydrogen (secondary N) is 2. The Morgan fingerprint density at radius 2 is 1.94 bits per heavy atom. The minimum atomic E-state index is 0.0223. The molecule has 1 saturated carbocycles. The van der Waals surface area contributed by atoms with Crippen molar-refractivity contribution in [2.45, 2.75) is 69.7 Å². The molecule has 8 heteroatoms. The number of Topliss-reactive ketones (excluding diaryl/α,β-unsaturated/α-hetero) is 1. The van der Waals surface area contributed by atoms with E-state index < -0.39 is 0 Å². The summed E-state index contributed by atoms with van der Waals surface area (Å²) in [5, 5.41) is 14.8. The zero-order valence-electron chi connectivity index (χ0n) is 18.7. The standard InChI is InChI=1S/C25H29N5O3/c31-21-15-19(28-23-20(21)7-4-14-26-23)12-13-22(32)27-18-10-8-17(9-11-18)25-30-29-24(33-25)16-5-2-1-3-6-16/h1-3,5-6,17-18,26H,4,7-15H2,(H,27,32). The van der Waals surface area contributed by atoms with Crippen molar-refractivity contribution in [2.75, 3.05) is 6.54 Å². The van der Waals surface area contributed by atoms with Crippen molar-refractivity contribution in [3.8, 4) is 11.5 Å². The van der Waals surface area contributed by atoms with Crippen LogP contribution in [0.3, 0.4) is 0 Å². The second kappa shape index (κ2) is 9.68. The molecule has 1 fully saturated rings. The first-order valence-corrected chi connectivity index (χ1v) is 11.9. The number of rotatable bonds is 6. The lowest BCUT2D eigenvalue weighted by molar-refractivity contribution is -0.122. The van der Waals surface area contributed by atoms with Gasteiger partial charge < -0.3 is 15.1 Å². The third-order valence-corrected chi connectivity index (χ3v) is 6.70. The monoisotopic (exact) mass is 447 g/mol. The average Bonchev–Trinajstić information content (AvgIpc) is 3.34. The van der Waals surface area contributed by atoms with Gasteiger partial charge in [-0.15, -0.1) is 10.2 Å². The van der Waals surface area contributed by atoms with E-state index in [0.29, 0.717) is 31.0 Å². The summed E-state index contributed by atoms with van der Waals surface area (Å²) in [6.07, 6.45) is 6.59. The first kappa shape index (κ1) is 21.6. The van der Waals surface area contributed by atoms with Crippen LogP contribution in [0.5, 0.6) is 0 Å². The fourth-order valence-electron chi connectivity index (χ4n) is 4.85. The Labute approximate surface area is 193 Å². The Bertz CT molecular complexity index is 1080. The van der Waals surface area contributed by atoms with E-state index in [1.54, 1.807) is 0 Å². The summed E-state index contributed by atoms with van der Waals surface area (Å²) in [6, 6.07) is 9.94. The Kier molecular flexibility index (Phi) is 6.32. The first-order valence-electron chi connectivity index (χ1n) is 11.9. The van der Waals surface area contributed by atoms with Crippen molar-refractivity contribution in [1.82, 2.24) is 20.8 Å². The van der Waals surface area contributed by atoms with Gasteiger partial charge in [-0.2, -0.15) is 0 Å². The van der Waals surface area contributed by atoms with Crippen LogP contribution in [0, 0.1) is 0 Å². The van der Waals surface area contributed by atoms with Crippen molar-refractivity contribution in [1.29, 1.82) is 0 Å². The van der Waals surface area contributed by atoms with Crippen LogP contribution in [0.4, 0.5) is 0 Å². The molecule has 3 heterocycles. The minimum Gasteiger partial charge on any atom is -0.420 e. The van der Waals surface area contributed by atoms with Crippen LogP contribution in [0.15, 0.2) is 51.1 Å². The summed E-state index contributed by atoms with van der Waals surface area (Å²) in [5.41, 5.74) is 2.55. The summed E-state index contributed by atoms with van der Waals surface area (Å²) in [4.78, 5) is 29.4. The number of benzene rings is 1. The second-order valence-electron chi connectivity index (χ2n) is 9.06. The Balaban J connectivity index is 1.08. The lowest BCUT2D eigenvalue weighted by Crippen LogP contribution is -2.37. The number of carbonyl (C=O) groups excluding carboxylic acids is 2. The van der Waals surface area contributed by atoms with E-state index in [-0.39, 0.29) is 23.7 Å². The SMILES string of the molecule is O=C(CCC1=NC2=C(CCCN2)C(=O)C1)NC1CCC(c2nnc(-c3ccccc3)o2)CC1. The highest BCUT2D eigenvalue weighted by Crippen LogP contribution is 2.33. The van der Waals surface area contributed by atoms with Gasteiger partial charge in [-0.1, -0.05) is 18.2 Å². The summed E-state index contributed by atoms with van der Waals surface area (Å²) in [5.74, 6) is 2.37. The highest BCUT2D eigenvalue weighted by atomic mass is 16.4. The van der Waals surface area contributed by atoms with Crippen LogP contribution >= 0.6 is 0 Å². The van der Waals surface area contributed by atoms with E-state index in [2.05, 4.69) is 25.8 Å². The Morgan fingerprint density at radius 1 is 1.12 bits per heavy atom. The number of carbonyl (C=O) groups is 2. The van der Waals surface area contributed by atoms with E-state index >= 15 is 0 Å². The molecule has 0 unspecified atom stereocenters. The Hall–Kier alpha value is -3.29. The molecule has 1 aromatic carbocycles. The molecular formula is C25H29N5O3. The molecule has 3 aliphatic rings. The van der Waals surface area contributed by atoms with E-state index in [0.717, 1.165) is 67.7 Å². The van der Waals surface area contributed by atoms with Crippen LogP contribution in [-0.4, -0.2) is 40.2 Å². The zero-order valence-corrected chi connectivity index (χ0v) is 18.7. The number of nitrogens with zero attached hydrogens (tertiary/aromatic N) is 3. The van der Waals surface area contributed by atoms with Crippen molar-refractivity contribution in [3.63, 3.8) is 0 Å². The molecule has 2 aliphatic heterocycles. The van der Waals surface area contributed by atoms with Crippen LogP contribution in [0.1, 0.15) is 69.6 Å². The van der Waals surface area contributed by atoms with Gasteiger partial charge in [0.1, 0.15) is 5.82 Å². The topological polar surface area (TPSA) is 109 Å². The number of allylic oxidation sites excluding steroid dienone is 1. The molecule has 2 N–H and O–H groups in total. The zero-order chi connectivity index (χ0) is 22.6. The molecule has 1 aliphatic carbocycles. The smallest absolute Gasteiger partial charge is 0.247 e. The second-order valence-corrected chi connectivity index (χ2v) is 9.06. The molecule has 1 aromatic heterocycles. The molecule has 33 heavy (non-hydrogen) atoms. The van der Waals surface area contributed by atoms with E-state index in [4.69, 9.17) is 4.42 Å². The lowest BCUT2D eigenvalue weighted by atomic mass is 9.86. The third kappa shape index (κ3) is 5.05. The van der Waals surface area contributed by atoms with Crippen LogP contribution in [-0.2, 0) is 9.59 Å². The fourth-order valence-corrected chi connectivity index (χ4v) is 4.85. The number of ketones is 1. The maximum Gasteiger partial charge on any atom is 0.247 e. The summed E-state index contributed by atoms with van der Waals surface area (Å²) >= 11 is 0. The van der Waals surface area contributed by atoms with Crippen molar-refractivity contribution < 1.29 is 14.0 Å². The third-order valence-electron chi connectivity index (χ3n) is 6.70. The van der Waals surface area contributed by atoms with Gasteiger partial charge in [-0.05, 0) is 57.1 Å². The highest BCUT2D eigenvalue weighted by molar-refractivity contribution is 6.12. The van der Waals surface area contributed by atoms with Gasteiger partial charge in [0.05, 0.1) is 0 Å². The largest absolute Gasteiger partial charge is 0.420 e. The quantitative estimate of drug-likeness (QED) is 0.699. The van der Waals surface area contributed by atoms with Gasteiger partial charge in [-0.3, -0.25) is 9.59 Å². The van der Waals surface area contributed by atoms with Crippen molar-refractivity contribution in [3.05, 3.63) is 47.6 Å². The van der Waals surface area contributed by atoms with Gasteiger partial charge in [0.15, 0.2) is 5.78 Å². The molecular weight excluding hydrogens is 418 g/mol. The molecule has 0 atom stereocenters. The first-order chi connectivity index (χ1) is 16.2. The number of amides is 1. The predicted octanol–water partition coefficient (Wildman–Crippen LogP) is 3.67. The van der Waals surface area contributed by atoms with Crippen LogP contribution in [0.2, 0.25) is 0 Å². The van der Waals surface area contributed by atoms with Gasteiger partial charge in [0.2, 0.25) is 17.7 Å². The molecule has 0 spiro atoms. The van der Waals surface area contributed by atoms with E-state index in [1.807, 2.05) is 30.3 Å². The maximum atomic E-state index is 12.5. The maximum absolute atomic E-state index is 12.5. The summed E-state index contributed by atoms with van der Waals surface area (Å²) in [6.45, 7) is 0.850.